The van der Waals surface area contributed by atoms with Crippen molar-refractivity contribution in [2.75, 3.05) is 9.80 Å². The average molecular weight is 1330 g/mol. The predicted octanol–water partition coefficient (Wildman–Crippen LogP) is 23.8. The Morgan fingerprint density at radius 2 is 0.587 bits per heavy atom. The second-order valence-electron chi connectivity index (χ2n) is 26.2. The summed E-state index contributed by atoms with van der Waals surface area (Å²) in [5.74, 6) is 1.30. The molecule has 0 N–H and O–H groups in total. The van der Waals surface area contributed by atoms with Crippen LogP contribution in [0.15, 0.2) is 365 Å². The summed E-state index contributed by atoms with van der Waals surface area (Å²) in [5, 5.41) is 2.20. The summed E-state index contributed by atoms with van der Waals surface area (Å²) in [4.78, 5) is 35.4. The van der Waals surface area contributed by atoms with Crippen molar-refractivity contribution >= 4 is 55.9 Å². The highest BCUT2D eigenvalue weighted by molar-refractivity contribution is 6.14. The molecule has 0 saturated carbocycles. The summed E-state index contributed by atoms with van der Waals surface area (Å²) in [6.45, 7) is 0. The number of rotatable bonds is 11. The molecule has 0 radical (unpaired) electrons. The van der Waals surface area contributed by atoms with Gasteiger partial charge < -0.3 is 18.9 Å². The van der Waals surface area contributed by atoms with E-state index in [1.54, 1.807) is 0 Å². The zero-order chi connectivity index (χ0) is 68.6. The van der Waals surface area contributed by atoms with Crippen LogP contribution < -0.4 is 9.80 Å². The molecule has 104 heavy (non-hydrogen) atoms. The molecular formula is C94H60N10. The minimum Gasteiger partial charge on any atom is -0.309 e. The Morgan fingerprint density at radius 3 is 1.09 bits per heavy atom. The Hall–Kier alpha value is -14.2. The molecule has 486 valence electrons. The Morgan fingerprint density at radius 1 is 0.221 bits per heavy atom. The minimum atomic E-state index is 0.645. The van der Waals surface area contributed by atoms with E-state index in [9.17, 15) is 0 Å². The lowest BCUT2D eigenvalue weighted by Gasteiger charge is -2.27. The third kappa shape index (κ3) is 10.1. The van der Waals surface area contributed by atoms with Crippen molar-refractivity contribution in [3.8, 4) is 135 Å². The van der Waals surface area contributed by atoms with E-state index in [1.807, 2.05) is 61.2 Å². The highest BCUT2D eigenvalue weighted by atomic mass is 15.2. The Bertz CT molecular complexity index is 6330. The molecule has 0 saturated heterocycles. The van der Waals surface area contributed by atoms with Crippen molar-refractivity contribution < 1.29 is 0 Å². The van der Waals surface area contributed by atoms with E-state index in [-0.39, 0.29) is 0 Å². The quantitative estimate of drug-likeness (QED) is 0.126. The molecule has 10 nitrogen and oxygen atoms in total. The van der Waals surface area contributed by atoms with Crippen molar-refractivity contribution in [2.45, 2.75) is 0 Å². The maximum Gasteiger partial charge on any atom is 0.160 e. The fourth-order valence-electron chi connectivity index (χ4n) is 15.5. The molecule has 0 bridgehead atoms. The van der Waals surface area contributed by atoms with E-state index in [0.29, 0.717) is 11.6 Å². The third-order valence-electron chi connectivity index (χ3n) is 20.2. The van der Waals surface area contributed by atoms with E-state index in [1.165, 1.54) is 0 Å². The number of nitrogens with zero attached hydrogens (tertiary/aromatic N) is 10. The lowest BCUT2D eigenvalue weighted by molar-refractivity contribution is 1.12. The first-order chi connectivity index (χ1) is 51.6. The summed E-state index contributed by atoms with van der Waals surface area (Å²) in [7, 11) is 0. The second kappa shape index (κ2) is 24.9. The zero-order valence-corrected chi connectivity index (χ0v) is 56.1. The Kier molecular flexibility index (Phi) is 14.3. The number of benzene rings is 12. The highest BCUT2D eigenvalue weighted by Gasteiger charge is 2.34. The molecule has 2 aliphatic rings. The molecule has 0 aliphatic carbocycles. The molecule has 2 aliphatic heterocycles. The Balaban J connectivity index is 0.635. The summed E-state index contributed by atoms with van der Waals surface area (Å²) in [6, 6.07) is 120. The van der Waals surface area contributed by atoms with Crippen LogP contribution in [0.25, 0.3) is 157 Å². The molecule has 18 aromatic rings. The number of pyridine rings is 2. The normalized spacial score (nSPS) is 12.0. The number of aromatic nitrogens is 8. The third-order valence-corrected chi connectivity index (χ3v) is 20.2. The molecule has 0 spiro atoms. The maximum atomic E-state index is 5.35. The molecule has 10 heteroatoms. The van der Waals surface area contributed by atoms with Gasteiger partial charge in [-0.3, -0.25) is 9.97 Å². The fourth-order valence-corrected chi connectivity index (χ4v) is 15.5. The lowest BCUT2D eigenvalue weighted by atomic mass is 9.98. The molecule has 8 heterocycles. The van der Waals surface area contributed by atoms with Crippen LogP contribution in [0, 0.1) is 0 Å². The number of para-hydroxylation sites is 6. The van der Waals surface area contributed by atoms with E-state index >= 15 is 0 Å². The second-order valence-corrected chi connectivity index (χ2v) is 26.2. The monoisotopic (exact) mass is 1330 g/mol. The smallest absolute Gasteiger partial charge is 0.160 e. The van der Waals surface area contributed by atoms with Gasteiger partial charge in [-0.15, -0.1) is 0 Å². The number of anilines is 6. The summed E-state index contributed by atoms with van der Waals surface area (Å²) in [5.41, 5.74) is 30.9. The van der Waals surface area contributed by atoms with Gasteiger partial charge in [-0.05, 0) is 108 Å². The van der Waals surface area contributed by atoms with Crippen LogP contribution >= 0.6 is 0 Å². The van der Waals surface area contributed by atoms with Crippen LogP contribution in [0.4, 0.5) is 34.1 Å². The van der Waals surface area contributed by atoms with Gasteiger partial charge in [0.25, 0.3) is 0 Å². The van der Waals surface area contributed by atoms with Gasteiger partial charge >= 0.3 is 0 Å². The first-order valence-corrected chi connectivity index (χ1v) is 35.0. The molecule has 6 aromatic heterocycles. The van der Waals surface area contributed by atoms with Crippen molar-refractivity contribution in [1.82, 2.24) is 39.0 Å². The average Bonchev–Trinajstić information content (AvgIpc) is 1.55. The molecule has 0 fully saturated rings. The Labute approximate surface area is 600 Å². The predicted molar refractivity (Wildman–Crippen MR) is 423 cm³/mol. The molecule has 0 atom stereocenters. The number of hydrogen-bond acceptors (Lipinski definition) is 8. The highest BCUT2D eigenvalue weighted by Crippen LogP contribution is 2.57. The van der Waals surface area contributed by atoms with Gasteiger partial charge in [0, 0.05) is 119 Å². The van der Waals surface area contributed by atoms with E-state index in [0.717, 1.165) is 179 Å². The molecular weight excluding hydrogens is 1270 g/mol. The van der Waals surface area contributed by atoms with Crippen molar-refractivity contribution in [3.63, 3.8) is 0 Å². The van der Waals surface area contributed by atoms with E-state index in [2.05, 4.69) is 322 Å². The van der Waals surface area contributed by atoms with Crippen molar-refractivity contribution in [3.05, 3.63) is 365 Å². The van der Waals surface area contributed by atoms with E-state index in [4.69, 9.17) is 29.9 Å². The fraction of sp³-hybridized carbons (Fsp3) is 0. The first kappa shape index (κ1) is 59.8. The van der Waals surface area contributed by atoms with Crippen LogP contribution in [0.1, 0.15) is 0 Å². The number of hydrogen-bond donors (Lipinski definition) is 0. The van der Waals surface area contributed by atoms with Crippen molar-refractivity contribution in [1.29, 1.82) is 0 Å². The standard InChI is InChI=1S/C94H60N10/c1-5-22-66(23-6-1)93-97-79(57-80(98-93)65-48-50-71(51-49-65)103-87-53-55-95-59-78(87)90-74-33-14-18-37-84(74)102(70-29-11-4-12-30-70)86-39-20-16-35-77(86)92(90)103)63-44-40-61(41-45-63)62-42-46-64(47-43-62)81-58-82(100-94(99-81)67-24-7-2-8-25-67)68-26-21-31-72(56-68)104-88-60-96-54-52-75(88)89-73-32-13-17-36-83(73)101(69-27-9-3-10-28-69)85-38-19-15-34-76(85)91(89)104/h1-60H. The molecule has 0 unspecified atom stereocenters. The number of fused-ring (bicyclic) bond motifs is 14. The molecule has 12 aromatic carbocycles. The summed E-state index contributed by atoms with van der Waals surface area (Å²) < 4.78 is 4.79. The summed E-state index contributed by atoms with van der Waals surface area (Å²) in [6.07, 6.45) is 7.81. The van der Waals surface area contributed by atoms with Gasteiger partial charge in [-0.2, -0.15) is 0 Å². The zero-order valence-electron chi connectivity index (χ0n) is 56.1. The van der Waals surface area contributed by atoms with Gasteiger partial charge in [0.1, 0.15) is 0 Å². The lowest BCUT2D eigenvalue weighted by Crippen LogP contribution is -2.11. The molecule has 0 amide bonds. The van der Waals surface area contributed by atoms with Gasteiger partial charge in [0.15, 0.2) is 11.6 Å². The van der Waals surface area contributed by atoms with Gasteiger partial charge in [0.2, 0.25) is 0 Å². The van der Waals surface area contributed by atoms with Crippen molar-refractivity contribution in [2.24, 2.45) is 0 Å². The molecule has 20 rings (SSSR count). The first-order valence-electron chi connectivity index (χ1n) is 35.0. The van der Waals surface area contributed by atoms with Gasteiger partial charge in [-0.1, -0.05) is 243 Å². The van der Waals surface area contributed by atoms with Crippen LogP contribution in [0.5, 0.6) is 0 Å². The van der Waals surface area contributed by atoms with Gasteiger partial charge in [0.05, 0.1) is 74.1 Å². The van der Waals surface area contributed by atoms with Crippen LogP contribution in [0.3, 0.4) is 0 Å². The summed E-state index contributed by atoms with van der Waals surface area (Å²) >= 11 is 0. The topological polar surface area (TPSA) is 93.7 Å². The largest absolute Gasteiger partial charge is 0.309 e. The maximum absolute atomic E-state index is 5.35. The van der Waals surface area contributed by atoms with Gasteiger partial charge in [-0.25, -0.2) is 19.9 Å². The van der Waals surface area contributed by atoms with E-state index < -0.39 is 0 Å². The minimum absolute atomic E-state index is 0.645. The van der Waals surface area contributed by atoms with Crippen LogP contribution in [-0.2, 0) is 0 Å². The SMILES string of the molecule is c1ccc(-c2nc(-c3ccc(-c4ccc(-c5cc(-c6cccc(-n7c8c(c9ccncc97)-c7ccccc7N(c7ccccc7)c7ccccc7-8)c6)nc(-c6ccccc6)n5)cc4)cc3)cc(-c3ccc(-n4c5c(c6cnccc64)-c4ccccc4N(c4ccccc4)c4ccccc4-5)cc3)n2)cc1. The van der Waals surface area contributed by atoms with Crippen LogP contribution in [0.2, 0.25) is 0 Å². The van der Waals surface area contributed by atoms with Crippen LogP contribution in [-0.4, -0.2) is 39.0 Å².